The average molecular weight is 342 g/mol. The Balaban J connectivity index is 4.38. The van der Waals surface area contributed by atoms with Gasteiger partial charge in [0.25, 0.3) is 0 Å². The zero-order chi connectivity index (χ0) is 18.4. The Morgan fingerprint density at radius 3 is 1.79 bits per heavy atom. The first-order chi connectivity index (χ1) is 11.4. The van der Waals surface area contributed by atoms with E-state index in [1.807, 2.05) is 0 Å². The molecule has 0 aliphatic rings. The van der Waals surface area contributed by atoms with Crippen molar-refractivity contribution in [2.45, 2.75) is 57.7 Å². The summed E-state index contributed by atoms with van der Waals surface area (Å²) < 4.78 is 9.66. The number of ether oxygens (including phenoxy) is 2. The molecule has 0 radical (unpaired) electrons. The van der Waals surface area contributed by atoms with E-state index in [0.29, 0.717) is 12.8 Å². The molecular weight excluding hydrogens is 312 g/mol. The molecule has 0 amide bonds. The second kappa shape index (κ2) is 13.7. The van der Waals surface area contributed by atoms with Gasteiger partial charge < -0.3 is 19.7 Å². The summed E-state index contributed by atoms with van der Waals surface area (Å²) in [5.74, 6) is -1.10. The van der Waals surface area contributed by atoms with Gasteiger partial charge in [-0.2, -0.15) is 0 Å². The number of hydrogen-bond acceptors (Lipinski definition) is 6. The van der Waals surface area contributed by atoms with E-state index in [1.54, 1.807) is 0 Å². The van der Waals surface area contributed by atoms with Crippen molar-refractivity contribution in [2.75, 3.05) is 13.2 Å². The molecule has 2 atom stereocenters. The van der Waals surface area contributed by atoms with E-state index < -0.39 is 24.1 Å². The third-order valence-corrected chi connectivity index (χ3v) is 3.60. The molecule has 6 heteroatoms. The van der Waals surface area contributed by atoms with Gasteiger partial charge in [-0.3, -0.25) is 0 Å². The van der Waals surface area contributed by atoms with Crippen molar-refractivity contribution < 1.29 is 29.3 Å². The molecule has 0 fully saturated rings. The lowest BCUT2D eigenvalue weighted by molar-refractivity contribution is -0.141. The van der Waals surface area contributed by atoms with Crippen LogP contribution in [0.3, 0.4) is 0 Å². The van der Waals surface area contributed by atoms with Gasteiger partial charge in [0.2, 0.25) is 0 Å². The van der Waals surface area contributed by atoms with Crippen molar-refractivity contribution in [3.05, 3.63) is 25.3 Å². The van der Waals surface area contributed by atoms with Gasteiger partial charge in [0.1, 0.15) is 13.2 Å². The SMILES string of the molecule is C=CC(=O)OCC(O)CC(CCCCC)CC(O)COC(=O)C=C. The van der Waals surface area contributed by atoms with Crippen LogP contribution < -0.4 is 0 Å². The monoisotopic (exact) mass is 342 g/mol. The Kier molecular flexibility index (Phi) is 12.8. The molecular formula is C18H30O6. The van der Waals surface area contributed by atoms with Crippen LogP contribution in [0, 0.1) is 5.92 Å². The van der Waals surface area contributed by atoms with Crippen LogP contribution in [0.25, 0.3) is 0 Å². The van der Waals surface area contributed by atoms with Crippen molar-refractivity contribution in [3.63, 3.8) is 0 Å². The highest BCUT2D eigenvalue weighted by Crippen LogP contribution is 2.22. The fourth-order valence-electron chi connectivity index (χ4n) is 2.40. The number of carbonyl (C=O) groups excluding carboxylic acids is 2. The van der Waals surface area contributed by atoms with E-state index in [9.17, 15) is 19.8 Å². The van der Waals surface area contributed by atoms with Gasteiger partial charge in [0.15, 0.2) is 0 Å². The number of aliphatic hydroxyl groups is 2. The molecule has 0 aliphatic heterocycles. The molecule has 0 aliphatic carbocycles. The highest BCUT2D eigenvalue weighted by atomic mass is 16.5. The van der Waals surface area contributed by atoms with E-state index in [-0.39, 0.29) is 19.1 Å². The topological polar surface area (TPSA) is 93.1 Å². The number of hydrogen-bond donors (Lipinski definition) is 2. The van der Waals surface area contributed by atoms with Gasteiger partial charge >= 0.3 is 11.9 Å². The number of carbonyl (C=O) groups is 2. The summed E-state index contributed by atoms with van der Waals surface area (Å²) in [5, 5.41) is 20.0. The van der Waals surface area contributed by atoms with E-state index >= 15 is 0 Å². The summed E-state index contributed by atoms with van der Waals surface area (Å²) in [6.07, 6.45) is 5.26. The molecule has 0 spiro atoms. The van der Waals surface area contributed by atoms with E-state index in [2.05, 4.69) is 20.1 Å². The first-order valence-electron chi connectivity index (χ1n) is 8.37. The van der Waals surface area contributed by atoms with E-state index in [1.165, 1.54) is 0 Å². The molecule has 6 nitrogen and oxygen atoms in total. The summed E-state index contributed by atoms with van der Waals surface area (Å²) in [6.45, 7) is 8.48. The van der Waals surface area contributed by atoms with E-state index in [4.69, 9.17) is 9.47 Å². The molecule has 0 rings (SSSR count). The molecule has 0 saturated heterocycles. The fourth-order valence-corrected chi connectivity index (χ4v) is 2.40. The summed E-state index contributed by atoms with van der Waals surface area (Å²) >= 11 is 0. The minimum absolute atomic E-state index is 0.0476. The minimum atomic E-state index is -0.802. The molecule has 0 saturated carbocycles. The van der Waals surface area contributed by atoms with Crippen LogP contribution in [-0.2, 0) is 19.1 Å². The summed E-state index contributed by atoms with van der Waals surface area (Å²) in [5.41, 5.74) is 0. The van der Waals surface area contributed by atoms with Crippen molar-refractivity contribution in [3.8, 4) is 0 Å². The predicted molar refractivity (Wildman–Crippen MR) is 91.2 cm³/mol. The van der Waals surface area contributed by atoms with Gasteiger partial charge in [0, 0.05) is 12.2 Å². The Bertz CT molecular complexity index is 361. The van der Waals surface area contributed by atoms with Crippen LogP contribution in [0.4, 0.5) is 0 Å². The second-order valence-corrected chi connectivity index (χ2v) is 5.81. The molecule has 24 heavy (non-hydrogen) atoms. The first-order valence-corrected chi connectivity index (χ1v) is 8.37. The maximum atomic E-state index is 11.0. The summed E-state index contributed by atoms with van der Waals surface area (Å²) in [4.78, 5) is 22.0. The number of rotatable bonds is 14. The van der Waals surface area contributed by atoms with Crippen molar-refractivity contribution in [1.82, 2.24) is 0 Å². The second-order valence-electron chi connectivity index (χ2n) is 5.81. The zero-order valence-corrected chi connectivity index (χ0v) is 14.5. The van der Waals surface area contributed by atoms with Crippen LogP contribution in [-0.4, -0.2) is 47.6 Å². The molecule has 138 valence electrons. The van der Waals surface area contributed by atoms with Crippen molar-refractivity contribution in [2.24, 2.45) is 5.92 Å². The molecule has 0 aromatic rings. The first kappa shape index (κ1) is 22.3. The van der Waals surface area contributed by atoms with Gasteiger partial charge in [-0.1, -0.05) is 45.8 Å². The molecule has 2 unspecified atom stereocenters. The van der Waals surface area contributed by atoms with Crippen molar-refractivity contribution in [1.29, 1.82) is 0 Å². The van der Waals surface area contributed by atoms with Gasteiger partial charge in [-0.25, -0.2) is 9.59 Å². The predicted octanol–water partition coefficient (Wildman–Crippen LogP) is 2.14. The molecule has 0 aromatic carbocycles. The smallest absolute Gasteiger partial charge is 0.330 e. The zero-order valence-electron chi connectivity index (χ0n) is 14.5. The number of aliphatic hydroxyl groups excluding tert-OH is 2. The lowest BCUT2D eigenvalue weighted by Gasteiger charge is -2.22. The Morgan fingerprint density at radius 2 is 1.42 bits per heavy atom. The molecule has 0 heterocycles. The largest absolute Gasteiger partial charge is 0.460 e. The average Bonchev–Trinajstić information content (AvgIpc) is 2.57. The minimum Gasteiger partial charge on any atom is -0.460 e. The number of esters is 2. The Labute approximate surface area is 144 Å². The molecule has 2 N–H and O–H groups in total. The third kappa shape index (κ3) is 11.8. The molecule has 0 aromatic heterocycles. The quantitative estimate of drug-likeness (QED) is 0.285. The maximum Gasteiger partial charge on any atom is 0.330 e. The normalized spacial score (nSPS) is 14.3. The van der Waals surface area contributed by atoms with Crippen LogP contribution in [0.1, 0.15) is 45.4 Å². The highest BCUT2D eigenvalue weighted by molar-refractivity contribution is 5.81. The van der Waals surface area contributed by atoms with Crippen LogP contribution in [0.2, 0.25) is 0 Å². The highest BCUT2D eigenvalue weighted by Gasteiger charge is 2.20. The molecule has 0 bridgehead atoms. The van der Waals surface area contributed by atoms with Crippen molar-refractivity contribution >= 4 is 11.9 Å². The van der Waals surface area contributed by atoms with Gasteiger partial charge in [-0.15, -0.1) is 0 Å². The fraction of sp³-hybridized carbons (Fsp3) is 0.667. The lowest BCUT2D eigenvalue weighted by atomic mass is 9.90. The standard InChI is InChI=1S/C18H30O6/c1-4-7-8-9-14(10-15(19)12-23-17(21)5-2)11-16(20)13-24-18(22)6-3/h5-6,14-16,19-20H,2-4,7-13H2,1H3. The maximum absolute atomic E-state index is 11.0. The van der Waals surface area contributed by atoms with Crippen LogP contribution in [0.5, 0.6) is 0 Å². The van der Waals surface area contributed by atoms with E-state index in [0.717, 1.165) is 37.8 Å². The lowest BCUT2D eigenvalue weighted by Crippen LogP contribution is -2.26. The third-order valence-electron chi connectivity index (χ3n) is 3.60. The van der Waals surface area contributed by atoms with Gasteiger partial charge in [-0.05, 0) is 18.8 Å². The van der Waals surface area contributed by atoms with Gasteiger partial charge in [0.05, 0.1) is 12.2 Å². The summed E-state index contributed by atoms with van der Waals surface area (Å²) in [6, 6.07) is 0. The Hall–Kier alpha value is -1.66. The number of unbranched alkanes of at least 4 members (excludes halogenated alkanes) is 2. The summed E-state index contributed by atoms with van der Waals surface area (Å²) in [7, 11) is 0. The Morgan fingerprint density at radius 1 is 0.958 bits per heavy atom. The van der Waals surface area contributed by atoms with Crippen LogP contribution in [0.15, 0.2) is 25.3 Å². The van der Waals surface area contributed by atoms with Crippen LogP contribution >= 0.6 is 0 Å².